The van der Waals surface area contributed by atoms with E-state index in [4.69, 9.17) is 4.98 Å². The van der Waals surface area contributed by atoms with Gasteiger partial charge in [0.2, 0.25) is 0 Å². The van der Waals surface area contributed by atoms with Crippen LogP contribution in [-0.4, -0.2) is 14.1 Å². The van der Waals surface area contributed by atoms with Crippen molar-refractivity contribution in [1.82, 2.24) is 14.1 Å². The van der Waals surface area contributed by atoms with E-state index >= 15 is 0 Å². The SMILES string of the molecule is c1ccc(-c2nc3ccccc3n2-c2ccc(-c3ccc4c5c3ccc3c(-c6ccc7ccc8cccc9ccc6c7c89)ccc(c35)n4-c3ccccc3)cc2)cc1. The van der Waals surface area contributed by atoms with Gasteiger partial charge in [-0.2, -0.15) is 0 Å². The summed E-state index contributed by atoms with van der Waals surface area (Å²) in [6.45, 7) is 0. The van der Waals surface area contributed by atoms with E-state index in [1.165, 1.54) is 87.1 Å². The number of rotatable bonds is 5. The standard InChI is InChI=1S/C55H33N3/c1-3-10-38(11-4-1)55-56-47-16-7-8-17-48(47)58(55)40-24-20-34(21-25-40)41-30-32-49-53-44(41)28-29-46-43(31-33-50(54(46)53)57(49)39-14-5-2-6-15-39)42-26-22-37-19-18-35-12-9-13-36-23-27-45(42)52(37)51(35)36/h1-33H. The van der Waals surface area contributed by atoms with Crippen LogP contribution in [0.1, 0.15) is 0 Å². The fraction of sp³-hybridized carbons (Fsp3) is 0. The van der Waals surface area contributed by atoms with Crippen LogP contribution in [0.3, 0.4) is 0 Å². The van der Waals surface area contributed by atoms with Gasteiger partial charge in [-0.25, -0.2) is 4.98 Å². The van der Waals surface area contributed by atoms with Crippen LogP contribution < -0.4 is 0 Å². The van der Waals surface area contributed by atoms with Crippen molar-refractivity contribution in [3.63, 3.8) is 0 Å². The number of nitrogens with zero attached hydrogens (tertiary/aromatic N) is 3. The Morgan fingerprint density at radius 1 is 0.293 bits per heavy atom. The van der Waals surface area contributed by atoms with Crippen molar-refractivity contribution in [3.8, 4) is 45.0 Å². The van der Waals surface area contributed by atoms with Gasteiger partial charge in [-0.15, -0.1) is 0 Å². The molecule has 268 valence electrons. The highest BCUT2D eigenvalue weighted by atomic mass is 15.1. The monoisotopic (exact) mass is 735 g/mol. The van der Waals surface area contributed by atoms with E-state index in [0.29, 0.717) is 0 Å². The van der Waals surface area contributed by atoms with Gasteiger partial charge in [0.25, 0.3) is 0 Å². The maximum Gasteiger partial charge on any atom is 0.145 e. The first kappa shape index (κ1) is 31.5. The average molecular weight is 736 g/mol. The molecule has 58 heavy (non-hydrogen) atoms. The number of hydrogen-bond donors (Lipinski definition) is 0. The van der Waals surface area contributed by atoms with Gasteiger partial charge < -0.3 is 4.57 Å². The second-order valence-electron chi connectivity index (χ2n) is 15.5. The van der Waals surface area contributed by atoms with Crippen LogP contribution in [0, 0.1) is 0 Å². The predicted molar refractivity (Wildman–Crippen MR) is 244 cm³/mol. The number of benzene rings is 11. The smallest absolute Gasteiger partial charge is 0.145 e. The molecule has 0 bridgehead atoms. The fourth-order valence-electron chi connectivity index (χ4n) is 9.93. The molecule has 11 aromatic carbocycles. The van der Waals surface area contributed by atoms with Crippen LogP contribution >= 0.6 is 0 Å². The Hall–Kier alpha value is -7.75. The normalized spacial score (nSPS) is 12.1. The first-order chi connectivity index (χ1) is 28.8. The molecule has 0 spiro atoms. The summed E-state index contributed by atoms with van der Waals surface area (Å²) >= 11 is 0. The maximum atomic E-state index is 5.08. The number of hydrogen-bond acceptors (Lipinski definition) is 1. The van der Waals surface area contributed by atoms with E-state index in [1.807, 2.05) is 0 Å². The first-order valence-electron chi connectivity index (χ1n) is 20.0. The van der Waals surface area contributed by atoms with E-state index in [-0.39, 0.29) is 0 Å². The zero-order valence-electron chi connectivity index (χ0n) is 31.4. The summed E-state index contributed by atoms with van der Waals surface area (Å²) < 4.78 is 4.72. The largest absolute Gasteiger partial charge is 0.309 e. The summed E-state index contributed by atoms with van der Waals surface area (Å²) in [6.07, 6.45) is 0. The summed E-state index contributed by atoms with van der Waals surface area (Å²) in [5.74, 6) is 0.940. The molecular formula is C55H33N3. The first-order valence-corrected chi connectivity index (χ1v) is 20.0. The molecule has 3 heteroatoms. The Labute approximate surface area is 334 Å². The van der Waals surface area contributed by atoms with Crippen molar-refractivity contribution in [2.75, 3.05) is 0 Å². The maximum absolute atomic E-state index is 5.08. The molecule has 3 nitrogen and oxygen atoms in total. The van der Waals surface area contributed by atoms with Crippen molar-refractivity contribution in [2.45, 2.75) is 0 Å². The molecule has 0 aliphatic rings. The molecule has 0 aliphatic carbocycles. The highest BCUT2D eigenvalue weighted by molar-refractivity contribution is 6.31. The second-order valence-corrected chi connectivity index (χ2v) is 15.5. The molecule has 0 N–H and O–H groups in total. The summed E-state index contributed by atoms with van der Waals surface area (Å²) in [5.41, 5.74) is 12.8. The van der Waals surface area contributed by atoms with Gasteiger partial charge in [0.1, 0.15) is 5.82 Å². The molecule has 0 atom stereocenters. The highest BCUT2D eigenvalue weighted by Crippen LogP contribution is 2.47. The molecule has 0 radical (unpaired) electrons. The molecule has 0 saturated heterocycles. The Morgan fingerprint density at radius 2 is 0.828 bits per heavy atom. The number of fused-ring (bicyclic) bond motifs is 1. The molecule has 0 fully saturated rings. The number of aromatic nitrogens is 3. The van der Waals surface area contributed by atoms with Crippen LogP contribution in [0.25, 0.3) is 121 Å². The third-order valence-corrected chi connectivity index (χ3v) is 12.5. The van der Waals surface area contributed by atoms with Crippen molar-refractivity contribution < 1.29 is 0 Å². The molecule has 0 unspecified atom stereocenters. The molecule has 0 amide bonds. The lowest BCUT2D eigenvalue weighted by atomic mass is 9.87. The van der Waals surface area contributed by atoms with E-state index in [0.717, 1.165) is 33.8 Å². The topological polar surface area (TPSA) is 22.8 Å². The van der Waals surface area contributed by atoms with Gasteiger partial charge in [-0.05, 0) is 114 Å². The van der Waals surface area contributed by atoms with Crippen LogP contribution in [-0.2, 0) is 0 Å². The van der Waals surface area contributed by atoms with Crippen LogP contribution in [0.15, 0.2) is 200 Å². The van der Waals surface area contributed by atoms with Crippen LogP contribution in [0.4, 0.5) is 0 Å². The van der Waals surface area contributed by atoms with E-state index in [9.17, 15) is 0 Å². The molecule has 0 aliphatic heterocycles. The minimum absolute atomic E-state index is 0.940. The molecule has 0 saturated carbocycles. The molecule has 2 aromatic heterocycles. The lowest BCUT2D eigenvalue weighted by Crippen LogP contribution is -1.97. The van der Waals surface area contributed by atoms with E-state index < -0.39 is 0 Å². The highest BCUT2D eigenvalue weighted by Gasteiger charge is 2.22. The molecule has 13 aromatic rings. The summed E-state index contributed by atoms with van der Waals surface area (Å²) in [6, 6.07) is 73.2. The molecule has 13 rings (SSSR count). The lowest BCUT2D eigenvalue weighted by molar-refractivity contribution is 1.10. The van der Waals surface area contributed by atoms with Crippen LogP contribution in [0.2, 0.25) is 0 Å². The predicted octanol–water partition coefficient (Wildman–Crippen LogP) is 14.6. The third-order valence-electron chi connectivity index (χ3n) is 12.5. The molecular weight excluding hydrogens is 703 g/mol. The van der Waals surface area contributed by atoms with Crippen LogP contribution in [0.5, 0.6) is 0 Å². The minimum Gasteiger partial charge on any atom is -0.309 e. The number of para-hydroxylation sites is 3. The van der Waals surface area contributed by atoms with Gasteiger partial charge in [-0.3, -0.25) is 4.57 Å². The average Bonchev–Trinajstić information content (AvgIpc) is 3.85. The summed E-state index contributed by atoms with van der Waals surface area (Å²) in [7, 11) is 0. The minimum atomic E-state index is 0.940. The van der Waals surface area contributed by atoms with Gasteiger partial charge >= 0.3 is 0 Å². The van der Waals surface area contributed by atoms with Crippen molar-refractivity contribution in [2.24, 2.45) is 0 Å². The molecule has 2 heterocycles. The summed E-state index contributed by atoms with van der Waals surface area (Å²) in [4.78, 5) is 5.08. The third kappa shape index (κ3) is 4.36. The Morgan fingerprint density at radius 3 is 1.57 bits per heavy atom. The zero-order valence-corrected chi connectivity index (χ0v) is 31.4. The zero-order chi connectivity index (χ0) is 37.9. The quantitative estimate of drug-likeness (QED) is 0.161. The van der Waals surface area contributed by atoms with E-state index in [1.54, 1.807) is 0 Å². The van der Waals surface area contributed by atoms with Crippen molar-refractivity contribution in [1.29, 1.82) is 0 Å². The lowest BCUT2D eigenvalue weighted by Gasteiger charge is -2.16. The van der Waals surface area contributed by atoms with Crippen molar-refractivity contribution in [3.05, 3.63) is 200 Å². The van der Waals surface area contributed by atoms with Gasteiger partial charge in [-0.1, -0.05) is 152 Å². The van der Waals surface area contributed by atoms with E-state index in [2.05, 4.69) is 209 Å². The Bertz CT molecular complexity index is 3690. The Balaban J connectivity index is 1.03. The van der Waals surface area contributed by atoms with Crippen molar-refractivity contribution >= 4 is 75.9 Å². The van der Waals surface area contributed by atoms with Gasteiger partial charge in [0.05, 0.1) is 22.1 Å². The Kier molecular flexibility index (Phi) is 6.44. The van der Waals surface area contributed by atoms with Gasteiger partial charge in [0.15, 0.2) is 0 Å². The second kappa shape index (κ2) is 11.9. The van der Waals surface area contributed by atoms with Gasteiger partial charge in [0, 0.05) is 27.7 Å². The summed E-state index contributed by atoms with van der Waals surface area (Å²) in [5, 5.41) is 13.0. The fourth-order valence-corrected chi connectivity index (χ4v) is 9.93. The number of imidazole rings is 1.